The zero-order chi connectivity index (χ0) is 12.5. The number of hydrogen-bond donors (Lipinski definition) is 1. The molecule has 2 nitrogen and oxygen atoms in total. The van der Waals surface area contributed by atoms with E-state index in [1.54, 1.807) is 11.3 Å². The fraction of sp³-hybridized carbons (Fsp3) is 0.643. The van der Waals surface area contributed by atoms with Crippen molar-refractivity contribution < 1.29 is 4.79 Å². The molecule has 1 aromatic rings. The molecule has 0 spiro atoms. The predicted octanol–water partition coefficient (Wildman–Crippen LogP) is 3.27. The van der Waals surface area contributed by atoms with Gasteiger partial charge in [0.05, 0.1) is 4.88 Å². The Hall–Kier alpha value is -0.670. The minimum absolute atomic E-state index is 0.247. The lowest BCUT2D eigenvalue weighted by atomic mass is 9.71. The highest BCUT2D eigenvalue weighted by molar-refractivity contribution is 7.12. The van der Waals surface area contributed by atoms with Gasteiger partial charge in [0.25, 0.3) is 0 Å². The highest BCUT2D eigenvalue weighted by atomic mass is 32.1. The van der Waals surface area contributed by atoms with Gasteiger partial charge in [-0.25, -0.2) is 0 Å². The van der Waals surface area contributed by atoms with E-state index in [0.717, 1.165) is 30.0 Å². The molecule has 1 aromatic heterocycles. The molecule has 2 rings (SSSR count). The Morgan fingerprint density at radius 1 is 1.53 bits per heavy atom. The zero-order valence-electron chi connectivity index (χ0n) is 10.9. The van der Waals surface area contributed by atoms with Crippen molar-refractivity contribution in [3.63, 3.8) is 0 Å². The van der Waals surface area contributed by atoms with Crippen LogP contribution in [0.2, 0.25) is 0 Å². The number of nitrogens with one attached hydrogen (secondary N) is 1. The number of ketones is 1. The van der Waals surface area contributed by atoms with Crippen molar-refractivity contribution in [3.8, 4) is 0 Å². The summed E-state index contributed by atoms with van der Waals surface area (Å²) in [7, 11) is 0. The van der Waals surface area contributed by atoms with E-state index < -0.39 is 0 Å². The second kappa shape index (κ2) is 4.91. The van der Waals surface area contributed by atoms with Gasteiger partial charge in [-0.2, -0.15) is 0 Å². The summed E-state index contributed by atoms with van der Waals surface area (Å²) in [5.74, 6) is 0.781. The minimum Gasteiger partial charge on any atom is -0.316 e. The molecular weight excluding hydrogens is 230 g/mol. The maximum absolute atomic E-state index is 12.6. The van der Waals surface area contributed by atoms with Crippen LogP contribution in [0.1, 0.15) is 41.9 Å². The first kappa shape index (κ1) is 12.8. The largest absolute Gasteiger partial charge is 0.316 e. The molecule has 1 aliphatic rings. The summed E-state index contributed by atoms with van der Waals surface area (Å²) in [5, 5.41) is 5.42. The molecule has 0 amide bonds. The summed E-state index contributed by atoms with van der Waals surface area (Å²) < 4.78 is 0. The molecule has 1 N–H and O–H groups in total. The van der Waals surface area contributed by atoms with Crippen molar-refractivity contribution in [2.75, 3.05) is 13.1 Å². The molecule has 0 aliphatic carbocycles. The third-order valence-electron chi connectivity index (χ3n) is 3.97. The van der Waals surface area contributed by atoms with Gasteiger partial charge in [-0.05, 0) is 55.8 Å². The molecule has 0 saturated carbocycles. The van der Waals surface area contributed by atoms with Crippen LogP contribution in [0.3, 0.4) is 0 Å². The van der Waals surface area contributed by atoms with Gasteiger partial charge in [0.1, 0.15) is 0 Å². The van der Waals surface area contributed by atoms with Gasteiger partial charge < -0.3 is 5.32 Å². The van der Waals surface area contributed by atoms with Crippen molar-refractivity contribution >= 4 is 17.1 Å². The van der Waals surface area contributed by atoms with Gasteiger partial charge in [-0.1, -0.05) is 13.8 Å². The number of hydrogen-bond acceptors (Lipinski definition) is 3. The maximum Gasteiger partial charge on any atom is 0.178 e. The Bertz CT molecular complexity index is 402. The van der Waals surface area contributed by atoms with Crippen molar-refractivity contribution in [2.45, 2.75) is 33.6 Å². The predicted molar refractivity (Wildman–Crippen MR) is 72.8 cm³/mol. The zero-order valence-corrected chi connectivity index (χ0v) is 11.7. The van der Waals surface area contributed by atoms with E-state index in [2.05, 4.69) is 19.2 Å². The van der Waals surface area contributed by atoms with Crippen molar-refractivity contribution in [3.05, 3.63) is 21.9 Å². The first-order valence-corrected chi connectivity index (χ1v) is 7.21. The topological polar surface area (TPSA) is 29.1 Å². The highest BCUT2D eigenvalue weighted by Gasteiger charge is 2.38. The third kappa shape index (κ3) is 2.45. The van der Waals surface area contributed by atoms with Gasteiger partial charge in [0, 0.05) is 5.41 Å². The monoisotopic (exact) mass is 251 g/mol. The summed E-state index contributed by atoms with van der Waals surface area (Å²) >= 11 is 1.58. The van der Waals surface area contributed by atoms with E-state index in [9.17, 15) is 4.79 Å². The fourth-order valence-corrected chi connectivity index (χ4v) is 3.58. The highest BCUT2D eigenvalue weighted by Crippen LogP contribution is 2.36. The molecule has 1 unspecified atom stereocenters. The number of thiophene rings is 1. The van der Waals surface area contributed by atoms with Gasteiger partial charge in [0.2, 0.25) is 0 Å². The van der Waals surface area contributed by atoms with Crippen LogP contribution >= 0.6 is 11.3 Å². The first-order valence-electron chi connectivity index (χ1n) is 6.33. The Morgan fingerprint density at radius 2 is 2.29 bits per heavy atom. The molecule has 1 atom stereocenters. The van der Waals surface area contributed by atoms with E-state index in [4.69, 9.17) is 0 Å². The van der Waals surface area contributed by atoms with Crippen molar-refractivity contribution in [1.82, 2.24) is 5.32 Å². The SMILES string of the molecule is Cc1ccsc1C(=O)C(C)(C)C1CCCNC1. The van der Waals surface area contributed by atoms with E-state index in [0.29, 0.717) is 11.7 Å². The molecule has 17 heavy (non-hydrogen) atoms. The number of Topliss-reactive ketones (excluding diaryl/α,β-unsaturated/α-hetero) is 1. The van der Waals surface area contributed by atoms with Crippen molar-refractivity contribution in [1.29, 1.82) is 0 Å². The summed E-state index contributed by atoms with van der Waals surface area (Å²) in [6.07, 6.45) is 2.35. The van der Waals surface area contributed by atoms with Crippen LogP contribution in [0.15, 0.2) is 11.4 Å². The van der Waals surface area contributed by atoms with Crippen LogP contribution in [0, 0.1) is 18.3 Å². The summed E-state index contributed by atoms with van der Waals surface area (Å²) in [6.45, 7) is 8.30. The van der Waals surface area contributed by atoms with Gasteiger partial charge in [0.15, 0.2) is 5.78 Å². The van der Waals surface area contributed by atoms with E-state index in [-0.39, 0.29) is 5.41 Å². The Labute approximate surface area is 107 Å². The van der Waals surface area contributed by atoms with Crippen LogP contribution in [-0.2, 0) is 0 Å². The Kier molecular flexibility index (Phi) is 3.69. The lowest BCUT2D eigenvalue weighted by molar-refractivity contribution is 0.0712. The number of carbonyl (C=O) groups excluding carboxylic acids is 1. The molecule has 2 heterocycles. The molecule has 0 aromatic carbocycles. The molecule has 1 fully saturated rings. The number of carbonyl (C=O) groups is 1. The van der Waals surface area contributed by atoms with Gasteiger partial charge >= 0.3 is 0 Å². The number of aryl methyl sites for hydroxylation is 1. The number of rotatable bonds is 3. The van der Waals surface area contributed by atoms with Gasteiger partial charge in [-0.15, -0.1) is 11.3 Å². The molecular formula is C14H21NOS. The van der Waals surface area contributed by atoms with Crippen LogP contribution in [0.25, 0.3) is 0 Å². The van der Waals surface area contributed by atoms with Crippen LogP contribution in [0.4, 0.5) is 0 Å². The Balaban J connectivity index is 2.19. The molecule has 0 bridgehead atoms. The van der Waals surface area contributed by atoms with E-state index in [1.807, 2.05) is 18.4 Å². The average Bonchev–Trinajstić information content (AvgIpc) is 2.75. The van der Waals surface area contributed by atoms with Crippen molar-refractivity contribution in [2.24, 2.45) is 11.3 Å². The Morgan fingerprint density at radius 3 is 2.82 bits per heavy atom. The van der Waals surface area contributed by atoms with E-state index in [1.165, 1.54) is 6.42 Å². The molecule has 0 radical (unpaired) electrons. The first-order chi connectivity index (χ1) is 8.03. The molecule has 1 aliphatic heterocycles. The average molecular weight is 251 g/mol. The normalized spacial score (nSPS) is 21.5. The second-order valence-corrected chi connectivity index (χ2v) is 6.44. The van der Waals surface area contributed by atoms with Crippen LogP contribution in [-0.4, -0.2) is 18.9 Å². The molecule has 94 valence electrons. The quantitative estimate of drug-likeness (QED) is 0.835. The van der Waals surface area contributed by atoms with Gasteiger partial charge in [-0.3, -0.25) is 4.79 Å². The summed E-state index contributed by atoms with van der Waals surface area (Å²) in [4.78, 5) is 13.6. The maximum atomic E-state index is 12.6. The molecule has 1 saturated heterocycles. The summed E-state index contributed by atoms with van der Waals surface area (Å²) in [6, 6.07) is 2.03. The number of piperidine rings is 1. The van der Waals surface area contributed by atoms with Crippen LogP contribution in [0.5, 0.6) is 0 Å². The molecule has 3 heteroatoms. The summed E-state index contributed by atoms with van der Waals surface area (Å²) in [5.41, 5.74) is 0.875. The van der Waals surface area contributed by atoms with Crippen LogP contribution < -0.4 is 5.32 Å². The third-order valence-corrected chi connectivity index (χ3v) is 4.99. The smallest absolute Gasteiger partial charge is 0.178 e. The van der Waals surface area contributed by atoms with E-state index >= 15 is 0 Å². The standard InChI is InChI=1S/C14H21NOS/c1-10-6-8-17-12(10)13(16)14(2,3)11-5-4-7-15-9-11/h6,8,11,15H,4-5,7,9H2,1-3H3. The minimum atomic E-state index is -0.247. The lowest BCUT2D eigenvalue weighted by Gasteiger charge is -2.36. The second-order valence-electron chi connectivity index (χ2n) is 5.53. The fourth-order valence-electron chi connectivity index (χ4n) is 2.55. The lowest BCUT2D eigenvalue weighted by Crippen LogP contribution is -2.42.